The molecule has 0 unspecified atom stereocenters. The molecule has 92 valence electrons. The SMILES string of the molecule is COCCCCCCCC1=NN=C(N)SC1. The first kappa shape index (κ1) is 13.5. The summed E-state index contributed by atoms with van der Waals surface area (Å²) in [6.07, 6.45) is 7.27. The summed E-state index contributed by atoms with van der Waals surface area (Å²) < 4.78 is 5.01. The maximum Gasteiger partial charge on any atom is 0.180 e. The summed E-state index contributed by atoms with van der Waals surface area (Å²) in [5.41, 5.74) is 6.69. The summed E-state index contributed by atoms with van der Waals surface area (Å²) in [5, 5.41) is 8.56. The van der Waals surface area contributed by atoms with Crippen molar-refractivity contribution in [2.75, 3.05) is 19.5 Å². The van der Waals surface area contributed by atoms with Gasteiger partial charge in [-0.05, 0) is 19.3 Å². The molecule has 0 aromatic rings. The topological polar surface area (TPSA) is 60.0 Å². The number of hydrogen-bond donors (Lipinski definition) is 1. The number of nitrogens with two attached hydrogens (primary N) is 1. The highest BCUT2D eigenvalue weighted by atomic mass is 32.2. The molecule has 0 saturated heterocycles. The van der Waals surface area contributed by atoms with Crippen LogP contribution in [0.3, 0.4) is 0 Å². The van der Waals surface area contributed by atoms with Crippen LogP contribution in [-0.2, 0) is 4.74 Å². The van der Waals surface area contributed by atoms with Gasteiger partial charge in [0, 0.05) is 19.5 Å². The van der Waals surface area contributed by atoms with Crippen LogP contribution in [0.15, 0.2) is 10.2 Å². The molecule has 0 aromatic carbocycles. The van der Waals surface area contributed by atoms with Gasteiger partial charge in [-0.2, -0.15) is 5.10 Å². The number of ether oxygens (including phenoxy) is 1. The van der Waals surface area contributed by atoms with Crippen LogP contribution in [0.1, 0.15) is 38.5 Å². The Morgan fingerprint density at radius 1 is 1.19 bits per heavy atom. The van der Waals surface area contributed by atoms with E-state index >= 15 is 0 Å². The number of nitrogens with zero attached hydrogens (tertiary/aromatic N) is 2. The van der Waals surface area contributed by atoms with Gasteiger partial charge >= 0.3 is 0 Å². The minimum Gasteiger partial charge on any atom is -0.385 e. The van der Waals surface area contributed by atoms with Gasteiger partial charge in [-0.15, -0.1) is 5.10 Å². The van der Waals surface area contributed by atoms with E-state index in [9.17, 15) is 0 Å². The van der Waals surface area contributed by atoms with Gasteiger partial charge in [-0.3, -0.25) is 0 Å². The van der Waals surface area contributed by atoms with Crippen molar-refractivity contribution in [1.29, 1.82) is 0 Å². The molecule has 1 rings (SSSR count). The molecular weight excluding hydrogens is 222 g/mol. The quantitative estimate of drug-likeness (QED) is 0.666. The number of hydrogen-bond acceptors (Lipinski definition) is 5. The van der Waals surface area contributed by atoms with E-state index in [2.05, 4.69) is 10.2 Å². The summed E-state index contributed by atoms with van der Waals surface area (Å²) in [5.74, 6) is 0.916. The Labute approximate surface area is 102 Å². The maximum atomic E-state index is 5.51. The van der Waals surface area contributed by atoms with Crippen molar-refractivity contribution in [2.45, 2.75) is 38.5 Å². The maximum absolute atomic E-state index is 5.51. The van der Waals surface area contributed by atoms with Crippen molar-refractivity contribution < 1.29 is 4.74 Å². The number of unbranched alkanes of at least 4 members (excludes halogenated alkanes) is 4. The van der Waals surface area contributed by atoms with Crippen LogP contribution in [0.5, 0.6) is 0 Å². The molecule has 1 aliphatic rings. The highest BCUT2D eigenvalue weighted by Crippen LogP contribution is 2.13. The lowest BCUT2D eigenvalue weighted by atomic mass is 10.1. The Kier molecular flexibility index (Phi) is 7.25. The molecule has 1 heterocycles. The second kappa shape index (κ2) is 8.58. The Morgan fingerprint density at radius 2 is 1.94 bits per heavy atom. The zero-order chi connectivity index (χ0) is 11.6. The molecule has 1 aliphatic heterocycles. The smallest absolute Gasteiger partial charge is 0.180 e. The Morgan fingerprint density at radius 3 is 2.62 bits per heavy atom. The lowest BCUT2D eigenvalue weighted by Gasteiger charge is -2.08. The second-order valence-electron chi connectivity index (χ2n) is 3.90. The summed E-state index contributed by atoms with van der Waals surface area (Å²) >= 11 is 1.58. The Hall–Kier alpha value is -0.550. The Bertz CT molecular complexity index is 254. The standard InChI is InChI=1S/C11H21N3OS/c1-15-8-6-4-2-3-5-7-10-9-16-11(12)14-13-10/h2-9H2,1H3,(H2,12,14). The predicted octanol–water partition coefficient (Wildman–Crippen LogP) is 2.39. The lowest BCUT2D eigenvalue weighted by molar-refractivity contribution is 0.192. The first-order valence-corrected chi connectivity index (χ1v) is 6.82. The van der Waals surface area contributed by atoms with E-state index in [1.54, 1.807) is 18.9 Å². The molecule has 2 N–H and O–H groups in total. The summed E-state index contributed by atoms with van der Waals surface area (Å²) in [4.78, 5) is 0. The number of amidine groups is 1. The third kappa shape index (κ3) is 6.12. The van der Waals surface area contributed by atoms with Crippen molar-refractivity contribution in [3.05, 3.63) is 0 Å². The zero-order valence-corrected chi connectivity index (χ0v) is 10.8. The third-order valence-corrected chi connectivity index (χ3v) is 3.35. The minimum atomic E-state index is 0.586. The van der Waals surface area contributed by atoms with E-state index in [-0.39, 0.29) is 0 Å². The molecule has 5 heteroatoms. The van der Waals surface area contributed by atoms with E-state index in [1.165, 1.54) is 37.8 Å². The van der Waals surface area contributed by atoms with Gasteiger partial charge in [0.15, 0.2) is 5.17 Å². The molecule has 16 heavy (non-hydrogen) atoms. The molecule has 0 radical (unpaired) electrons. The van der Waals surface area contributed by atoms with Crippen LogP contribution in [-0.4, -0.2) is 30.3 Å². The highest BCUT2D eigenvalue weighted by molar-refractivity contribution is 8.14. The molecular formula is C11H21N3OS. The third-order valence-electron chi connectivity index (χ3n) is 2.49. The van der Waals surface area contributed by atoms with Gasteiger partial charge in [-0.1, -0.05) is 31.0 Å². The fraction of sp³-hybridized carbons (Fsp3) is 0.818. The first-order valence-electron chi connectivity index (χ1n) is 5.83. The van der Waals surface area contributed by atoms with Crippen LogP contribution >= 0.6 is 11.8 Å². The van der Waals surface area contributed by atoms with E-state index in [0.717, 1.165) is 18.8 Å². The van der Waals surface area contributed by atoms with E-state index < -0.39 is 0 Å². The minimum absolute atomic E-state index is 0.586. The molecule has 0 aromatic heterocycles. The zero-order valence-electron chi connectivity index (χ0n) is 9.95. The molecule has 0 amide bonds. The van der Waals surface area contributed by atoms with Gasteiger partial charge in [0.05, 0.1) is 5.71 Å². The lowest BCUT2D eigenvalue weighted by Crippen LogP contribution is -2.15. The summed E-state index contributed by atoms with van der Waals surface area (Å²) in [6, 6.07) is 0. The van der Waals surface area contributed by atoms with Crippen molar-refractivity contribution >= 4 is 22.6 Å². The summed E-state index contributed by atoms with van der Waals surface area (Å²) in [6.45, 7) is 0.886. The van der Waals surface area contributed by atoms with E-state index in [4.69, 9.17) is 10.5 Å². The monoisotopic (exact) mass is 243 g/mol. The van der Waals surface area contributed by atoms with Gasteiger partial charge in [0.2, 0.25) is 0 Å². The van der Waals surface area contributed by atoms with Crippen molar-refractivity contribution in [1.82, 2.24) is 0 Å². The molecule has 0 fully saturated rings. The van der Waals surface area contributed by atoms with Crippen LogP contribution in [0.2, 0.25) is 0 Å². The van der Waals surface area contributed by atoms with Gasteiger partial charge < -0.3 is 10.5 Å². The fourth-order valence-corrected chi connectivity index (χ4v) is 2.18. The molecule has 4 nitrogen and oxygen atoms in total. The molecule has 0 atom stereocenters. The predicted molar refractivity (Wildman–Crippen MR) is 71.1 cm³/mol. The highest BCUT2D eigenvalue weighted by Gasteiger charge is 2.06. The van der Waals surface area contributed by atoms with Gasteiger partial charge in [0.25, 0.3) is 0 Å². The Balaban J connectivity index is 1.95. The van der Waals surface area contributed by atoms with Crippen LogP contribution in [0.25, 0.3) is 0 Å². The molecule has 0 saturated carbocycles. The molecule has 0 spiro atoms. The van der Waals surface area contributed by atoms with E-state index in [0.29, 0.717) is 5.17 Å². The van der Waals surface area contributed by atoms with Crippen LogP contribution < -0.4 is 5.73 Å². The number of methoxy groups -OCH3 is 1. The first-order chi connectivity index (χ1) is 7.83. The van der Waals surface area contributed by atoms with Gasteiger partial charge in [0.1, 0.15) is 0 Å². The van der Waals surface area contributed by atoms with Crippen LogP contribution in [0.4, 0.5) is 0 Å². The fourth-order valence-electron chi connectivity index (χ4n) is 1.56. The molecule has 0 aliphatic carbocycles. The van der Waals surface area contributed by atoms with Crippen molar-refractivity contribution in [3.63, 3.8) is 0 Å². The second-order valence-corrected chi connectivity index (χ2v) is 4.90. The molecule has 0 bridgehead atoms. The average Bonchev–Trinajstić information content (AvgIpc) is 2.30. The van der Waals surface area contributed by atoms with Crippen molar-refractivity contribution in [2.24, 2.45) is 15.9 Å². The van der Waals surface area contributed by atoms with E-state index in [1.807, 2.05) is 0 Å². The number of thioether (sulfide) groups is 1. The summed E-state index contributed by atoms with van der Waals surface area (Å²) in [7, 11) is 1.76. The van der Waals surface area contributed by atoms with Gasteiger partial charge in [-0.25, -0.2) is 0 Å². The van der Waals surface area contributed by atoms with Crippen molar-refractivity contribution in [3.8, 4) is 0 Å². The van der Waals surface area contributed by atoms with Crippen LogP contribution in [0, 0.1) is 0 Å². The number of rotatable bonds is 8. The normalized spacial score (nSPS) is 15.8. The largest absolute Gasteiger partial charge is 0.385 e. The average molecular weight is 243 g/mol.